The number of hydrogen-bond acceptors (Lipinski definition) is 5. The topological polar surface area (TPSA) is 95.7 Å². The maximum Gasteiger partial charge on any atom is 0.293 e. The monoisotopic (exact) mass is 307 g/mol. The first-order chi connectivity index (χ1) is 9.62. The van der Waals surface area contributed by atoms with Crippen molar-refractivity contribution in [1.82, 2.24) is 0 Å². The van der Waals surface area contributed by atoms with Crippen LogP contribution in [0.15, 0.2) is 0 Å². The van der Waals surface area contributed by atoms with Crippen LogP contribution in [0.4, 0.5) is 0 Å². The predicted molar refractivity (Wildman–Crippen MR) is 79.6 cm³/mol. The first-order valence-corrected chi connectivity index (χ1v) is 8.71. The van der Waals surface area contributed by atoms with Crippen LogP contribution in [0.3, 0.4) is 0 Å². The molecule has 0 aromatic rings. The molecule has 7 heteroatoms. The summed E-state index contributed by atoms with van der Waals surface area (Å²) in [6.07, 6.45) is 5.72. The molecule has 2 N–H and O–H groups in total. The Hall–Kier alpha value is -1.08. The van der Waals surface area contributed by atoms with E-state index in [0.717, 1.165) is 38.5 Å². The van der Waals surface area contributed by atoms with E-state index >= 15 is 0 Å². The van der Waals surface area contributed by atoms with Crippen molar-refractivity contribution < 1.29 is 23.3 Å². The van der Waals surface area contributed by atoms with Crippen LogP contribution >= 0.6 is 0 Å². The molecule has 0 rings (SSSR count). The van der Waals surface area contributed by atoms with Crippen molar-refractivity contribution in [2.24, 2.45) is 5.14 Å². The number of ether oxygens (including phenoxy) is 2. The van der Waals surface area contributed by atoms with E-state index in [1.54, 1.807) is 5.37 Å². The summed E-state index contributed by atoms with van der Waals surface area (Å²) in [5.74, 6) is 0.475. The van der Waals surface area contributed by atoms with Gasteiger partial charge in [-0.15, -0.1) is 0 Å². The van der Waals surface area contributed by atoms with Gasteiger partial charge in [0.1, 0.15) is 0 Å². The normalized spacial score (nSPS) is 13.2. The maximum atomic E-state index is 12.0. The first-order valence-electron chi connectivity index (χ1n) is 6.86. The molecule has 1 atom stereocenters. The van der Waals surface area contributed by atoms with Crippen molar-refractivity contribution in [3.8, 4) is 0 Å². The van der Waals surface area contributed by atoms with Gasteiger partial charge in [0.25, 0.3) is 12.9 Å². The molecule has 0 aromatic heterocycles. The zero-order valence-corrected chi connectivity index (χ0v) is 12.6. The van der Waals surface area contributed by atoms with Crippen molar-refractivity contribution in [1.29, 1.82) is 0 Å². The molecule has 0 spiro atoms. The Morgan fingerprint density at radius 2 is 1.40 bits per heavy atom. The van der Waals surface area contributed by atoms with E-state index in [1.165, 1.54) is 0 Å². The summed E-state index contributed by atoms with van der Waals surface area (Å²) in [5.41, 5.74) is 0. The zero-order valence-electron chi connectivity index (χ0n) is 11.8. The zero-order chi connectivity index (χ0) is 15.1. The standard InChI is InChI=1S/C13H25NO5S/c14-20(17,11-7-3-5-9-19-13-16)10-6-2-1-4-8-18-12-15/h10,12-13H,1-9,11H2,(H2,14,17). The third-order valence-electron chi connectivity index (χ3n) is 2.73. The average Bonchev–Trinajstić information content (AvgIpc) is 2.41. The fourth-order valence-electron chi connectivity index (χ4n) is 1.66. The van der Waals surface area contributed by atoms with Crippen LogP contribution in [0.1, 0.15) is 44.9 Å². The van der Waals surface area contributed by atoms with Gasteiger partial charge >= 0.3 is 0 Å². The molecule has 0 bridgehead atoms. The van der Waals surface area contributed by atoms with Gasteiger partial charge in [-0.3, -0.25) is 18.9 Å². The van der Waals surface area contributed by atoms with Gasteiger partial charge in [0.2, 0.25) is 0 Å². The van der Waals surface area contributed by atoms with E-state index in [0.29, 0.717) is 38.3 Å². The molecule has 0 fully saturated rings. The number of rotatable bonds is 14. The van der Waals surface area contributed by atoms with Gasteiger partial charge in [0, 0.05) is 15.5 Å². The summed E-state index contributed by atoms with van der Waals surface area (Å²) >= 11 is 0. The van der Waals surface area contributed by atoms with Crippen LogP contribution < -0.4 is 5.14 Å². The molecule has 20 heavy (non-hydrogen) atoms. The van der Waals surface area contributed by atoms with Crippen LogP contribution in [-0.2, 0) is 28.8 Å². The van der Waals surface area contributed by atoms with Gasteiger partial charge in [-0.05, 0) is 50.3 Å². The summed E-state index contributed by atoms with van der Waals surface area (Å²) in [6, 6.07) is 0. The fourth-order valence-corrected chi connectivity index (χ4v) is 3.05. The second-order valence-corrected chi connectivity index (χ2v) is 6.80. The average molecular weight is 307 g/mol. The highest BCUT2D eigenvalue weighted by Crippen LogP contribution is 2.01. The Morgan fingerprint density at radius 3 is 1.95 bits per heavy atom. The number of nitrogens with two attached hydrogens (primary N) is 1. The van der Waals surface area contributed by atoms with Gasteiger partial charge in [-0.1, -0.05) is 0 Å². The van der Waals surface area contributed by atoms with Crippen molar-refractivity contribution in [3.05, 3.63) is 0 Å². The third-order valence-corrected chi connectivity index (χ3v) is 4.45. The quantitative estimate of drug-likeness (QED) is 0.294. The van der Waals surface area contributed by atoms with E-state index in [1.807, 2.05) is 0 Å². The minimum atomic E-state index is -2.34. The highest BCUT2D eigenvalue weighted by Gasteiger charge is 2.00. The molecule has 0 amide bonds. The van der Waals surface area contributed by atoms with Gasteiger partial charge in [-0.2, -0.15) is 0 Å². The highest BCUT2D eigenvalue weighted by molar-refractivity contribution is 7.99. The lowest BCUT2D eigenvalue weighted by Gasteiger charge is -2.05. The minimum Gasteiger partial charge on any atom is -0.468 e. The lowest BCUT2D eigenvalue weighted by atomic mass is 10.2. The first kappa shape index (κ1) is 18.9. The second-order valence-electron chi connectivity index (χ2n) is 4.49. The van der Waals surface area contributed by atoms with Crippen LogP contribution in [0.5, 0.6) is 0 Å². The molecular formula is C13H25NO5S. The van der Waals surface area contributed by atoms with Crippen LogP contribution in [-0.4, -0.2) is 41.5 Å². The van der Waals surface area contributed by atoms with Crippen molar-refractivity contribution in [3.63, 3.8) is 0 Å². The number of carbonyl (C=O) groups is 2. The number of hydrogen-bond donors (Lipinski definition) is 1. The Kier molecular flexibility index (Phi) is 12.2. The summed E-state index contributed by atoms with van der Waals surface area (Å²) in [5, 5.41) is 7.44. The Bertz CT molecular complexity index is 364. The molecule has 1 unspecified atom stereocenters. The second kappa shape index (κ2) is 12.9. The Balaban J connectivity index is 3.59. The highest BCUT2D eigenvalue weighted by atomic mass is 32.2. The molecule has 0 aliphatic rings. The third kappa shape index (κ3) is 13.4. The van der Waals surface area contributed by atoms with E-state index < -0.39 is 9.71 Å². The minimum absolute atomic E-state index is 0.405. The van der Waals surface area contributed by atoms with Crippen LogP contribution in [0.2, 0.25) is 0 Å². The molecule has 0 aromatic carbocycles. The number of unbranched alkanes of at least 4 members (excludes halogenated alkanes) is 5. The SMILES string of the molecule is NS(=O)(=CCCCCCOC=O)CCCCCOC=O. The van der Waals surface area contributed by atoms with E-state index in [2.05, 4.69) is 9.47 Å². The molecule has 0 aliphatic carbocycles. The van der Waals surface area contributed by atoms with Crippen LogP contribution in [0, 0.1) is 0 Å². The summed E-state index contributed by atoms with van der Waals surface area (Å²) in [4.78, 5) is 19.8. The van der Waals surface area contributed by atoms with E-state index in [9.17, 15) is 13.8 Å². The van der Waals surface area contributed by atoms with E-state index in [4.69, 9.17) is 5.14 Å². The molecule has 6 nitrogen and oxygen atoms in total. The smallest absolute Gasteiger partial charge is 0.293 e. The fraction of sp³-hybridized carbons (Fsp3) is 0.769. The van der Waals surface area contributed by atoms with Crippen molar-refractivity contribution in [2.75, 3.05) is 19.0 Å². The Labute approximate surface area is 121 Å². The van der Waals surface area contributed by atoms with Crippen molar-refractivity contribution >= 4 is 28.0 Å². The van der Waals surface area contributed by atoms with Crippen LogP contribution in [0.25, 0.3) is 0 Å². The predicted octanol–water partition coefficient (Wildman–Crippen LogP) is 1.02. The molecule has 0 saturated carbocycles. The molecule has 0 heterocycles. The van der Waals surface area contributed by atoms with Gasteiger partial charge in [0.15, 0.2) is 0 Å². The molecule has 0 saturated heterocycles. The van der Waals surface area contributed by atoms with Crippen molar-refractivity contribution in [2.45, 2.75) is 44.9 Å². The van der Waals surface area contributed by atoms with Gasteiger partial charge < -0.3 is 9.47 Å². The lowest BCUT2D eigenvalue weighted by Crippen LogP contribution is -2.19. The molecule has 0 radical (unpaired) electrons. The summed E-state index contributed by atoms with van der Waals surface area (Å²) in [7, 11) is -2.34. The number of carbonyl (C=O) groups excluding carboxylic acids is 2. The summed E-state index contributed by atoms with van der Waals surface area (Å²) in [6.45, 7) is 1.71. The van der Waals surface area contributed by atoms with Gasteiger partial charge in [0.05, 0.1) is 13.2 Å². The maximum absolute atomic E-state index is 12.0. The summed E-state index contributed by atoms with van der Waals surface area (Å²) < 4.78 is 21.1. The molecule has 118 valence electrons. The van der Waals surface area contributed by atoms with E-state index in [-0.39, 0.29) is 0 Å². The molecular weight excluding hydrogens is 282 g/mol. The Morgan fingerprint density at radius 1 is 0.850 bits per heavy atom. The van der Waals surface area contributed by atoms with Gasteiger partial charge in [-0.25, -0.2) is 0 Å². The molecule has 0 aliphatic heterocycles. The largest absolute Gasteiger partial charge is 0.468 e. The lowest BCUT2D eigenvalue weighted by molar-refractivity contribution is -0.129.